The first kappa shape index (κ1) is 17.3. The molecular weight excluding hydrogens is 318 g/mol. The molecule has 0 aliphatic carbocycles. The van der Waals surface area contributed by atoms with E-state index < -0.39 is 0 Å². The highest BCUT2D eigenvalue weighted by Crippen LogP contribution is 2.19. The second kappa shape index (κ2) is 9.10. The van der Waals surface area contributed by atoms with Crippen molar-refractivity contribution < 1.29 is 4.74 Å². The molecule has 1 fully saturated rings. The van der Waals surface area contributed by atoms with Crippen LogP contribution in [0.1, 0.15) is 36.8 Å². The van der Waals surface area contributed by atoms with Gasteiger partial charge in [-0.05, 0) is 80.7 Å². The van der Waals surface area contributed by atoms with Crippen LogP contribution in [-0.2, 0) is 13.0 Å². The zero-order valence-corrected chi connectivity index (χ0v) is 15.0. The second-order valence-electron chi connectivity index (χ2n) is 6.52. The summed E-state index contributed by atoms with van der Waals surface area (Å²) in [5.74, 6) is 0.863. The maximum atomic E-state index is 5.92. The molecular formula is C21H26ClNO. The fourth-order valence-electron chi connectivity index (χ4n) is 3.31. The lowest BCUT2D eigenvalue weighted by molar-refractivity contribution is 0.226. The fourth-order valence-corrected chi connectivity index (χ4v) is 3.44. The Bertz CT molecular complexity index is 620. The molecule has 2 aromatic carbocycles. The molecule has 0 bridgehead atoms. The number of aryl methyl sites for hydroxylation is 1. The molecule has 0 atom stereocenters. The highest BCUT2D eigenvalue weighted by atomic mass is 35.5. The molecule has 0 radical (unpaired) electrons. The van der Waals surface area contributed by atoms with E-state index in [0.717, 1.165) is 17.2 Å². The molecule has 0 amide bonds. The van der Waals surface area contributed by atoms with Crippen molar-refractivity contribution in [2.75, 3.05) is 19.6 Å². The van der Waals surface area contributed by atoms with Crippen LogP contribution >= 0.6 is 11.6 Å². The van der Waals surface area contributed by atoms with Crippen molar-refractivity contribution in [2.45, 2.75) is 38.7 Å². The predicted molar refractivity (Wildman–Crippen MR) is 101 cm³/mol. The van der Waals surface area contributed by atoms with Crippen LogP contribution in [-0.4, -0.2) is 24.5 Å². The normalized spacial score (nSPS) is 15.4. The lowest BCUT2D eigenvalue weighted by Crippen LogP contribution is -2.30. The van der Waals surface area contributed by atoms with Crippen LogP contribution < -0.4 is 4.74 Å². The van der Waals surface area contributed by atoms with Gasteiger partial charge in [-0.15, -0.1) is 0 Å². The highest BCUT2D eigenvalue weighted by molar-refractivity contribution is 6.30. The third-order valence-corrected chi connectivity index (χ3v) is 4.95. The quantitative estimate of drug-likeness (QED) is 0.673. The van der Waals surface area contributed by atoms with Crippen LogP contribution in [0.3, 0.4) is 0 Å². The number of likely N-dealkylation sites (tertiary alicyclic amines) is 1. The maximum absolute atomic E-state index is 5.92. The van der Waals surface area contributed by atoms with E-state index in [1.54, 1.807) is 0 Å². The van der Waals surface area contributed by atoms with Gasteiger partial charge in [-0.3, -0.25) is 0 Å². The maximum Gasteiger partial charge on any atom is 0.119 e. The Morgan fingerprint density at radius 3 is 2.33 bits per heavy atom. The summed E-state index contributed by atoms with van der Waals surface area (Å²) in [6.07, 6.45) is 6.48. The zero-order valence-electron chi connectivity index (χ0n) is 14.2. The number of benzene rings is 2. The Hall–Kier alpha value is -1.51. The van der Waals surface area contributed by atoms with Crippen molar-refractivity contribution in [3.8, 4) is 5.75 Å². The third kappa shape index (κ3) is 5.25. The standard InChI is InChI=1S/C21H26ClNO/c22-20-10-12-21(13-11-20)24-17-19-8-3-2-7-18(19)9-6-16-23-14-4-1-5-15-23/h2-3,7-8,10-13H,1,4-6,9,14-17H2. The van der Waals surface area contributed by atoms with E-state index >= 15 is 0 Å². The minimum atomic E-state index is 0.613. The summed E-state index contributed by atoms with van der Waals surface area (Å²) < 4.78 is 5.91. The van der Waals surface area contributed by atoms with E-state index in [4.69, 9.17) is 16.3 Å². The van der Waals surface area contributed by atoms with Crippen LogP contribution in [0.5, 0.6) is 5.75 Å². The van der Waals surface area contributed by atoms with Crippen LogP contribution in [0, 0.1) is 0 Å². The third-order valence-electron chi connectivity index (χ3n) is 4.70. The number of piperidine rings is 1. The number of ether oxygens (including phenoxy) is 1. The molecule has 1 heterocycles. The summed E-state index contributed by atoms with van der Waals surface area (Å²) in [5, 5.41) is 0.737. The van der Waals surface area contributed by atoms with Gasteiger partial charge in [0.05, 0.1) is 0 Å². The Morgan fingerprint density at radius 1 is 0.875 bits per heavy atom. The van der Waals surface area contributed by atoms with Crippen molar-refractivity contribution in [1.29, 1.82) is 0 Å². The number of halogens is 1. The molecule has 3 rings (SSSR count). The Kier molecular flexibility index (Phi) is 6.57. The van der Waals surface area contributed by atoms with Crippen molar-refractivity contribution in [1.82, 2.24) is 4.90 Å². The summed E-state index contributed by atoms with van der Waals surface area (Å²) >= 11 is 5.92. The highest BCUT2D eigenvalue weighted by Gasteiger charge is 2.10. The van der Waals surface area contributed by atoms with Gasteiger partial charge in [0.15, 0.2) is 0 Å². The zero-order chi connectivity index (χ0) is 16.6. The van der Waals surface area contributed by atoms with Crippen molar-refractivity contribution >= 4 is 11.6 Å². The number of rotatable bonds is 7. The summed E-state index contributed by atoms with van der Waals surface area (Å²) in [5.41, 5.74) is 2.69. The molecule has 0 spiro atoms. The van der Waals surface area contributed by atoms with Crippen LogP contribution in [0.15, 0.2) is 48.5 Å². The number of nitrogens with zero attached hydrogens (tertiary/aromatic N) is 1. The van der Waals surface area contributed by atoms with Crippen molar-refractivity contribution in [3.05, 3.63) is 64.7 Å². The second-order valence-corrected chi connectivity index (χ2v) is 6.95. The fraction of sp³-hybridized carbons (Fsp3) is 0.429. The summed E-state index contributed by atoms with van der Waals surface area (Å²) in [6, 6.07) is 16.2. The molecule has 24 heavy (non-hydrogen) atoms. The van der Waals surface area contributed by atoms with Gasteiger partial charge >= 0.3 is 0 Å². The van der Waals surface area contributed by atoms with Crippen LogP contribution in [0.2, 0.25) is 5.02 Å². The first-order valence-electron chi connectivity index (χ1n) is 8.99. The van der Waals surface area contributed by atoms with Crippen LogP contribution in [0.25, 0.3) is 0 Å². The molecule has 0 aromatic heterocycles. The summed E-state index contributed by atoms with van der Waals surface area (Å²) in [6.45, 7) is 4.39. The Balaban J connectivity index is 1.51. The van der Waals surface area contributed by atoms with Gasteiger partial charge < -0.3 is 9.64 Å². The molecule has 0 unspecified atom stereocenters. The minimum absolute atomic E-state index is 0.613. The van der Waals surface area contributed by atoms with Crippen molar-refractivity contribution in [3.63, 3.8) is 0 Å². The predicted octanol–water partition coefficient (Wildman–Crippen LogP) is 5.34. The van der Waals surface area contributed by atoms with E-state index in [1.165, 1.54) is 56.4 Å². The van der Waals surface area contributed by atoms with E-state index in [-0.39, 0.29) is 0 Å². The summed E-state index contributed by atoms with van der Waals surface area (Å²) in [7, 11) is 0. The average Bonchev–Trinajstić information content (AvgIpc) is 2.63. The number of hydrogen-bond acceptors (Lipinski definition) is 2. The molecule has 0 saturated carbocycles. The van der Waals surface area contributed by atoms with E-state index in [1.807, 2.05) is 24.3 Å². The first-order chi connectivity index (χ1) is 11.8. The SMILES string of the molecule is Clc1ccc(OCc2ccccc2CCCN2CCCCC2)cc1. The minimum Gasteiger partial charge on any atom is -0.489 e. The van der Waals surface area contributed by atoms with Gasteiger partial charge in [-0.25, -0.2) is 0 Å². The Labute approximate surface area is 150 Å². The van der Waals surface area contributed by atoms with Gasteiger partial charge in [-0.1, -0.05) is 42.3 Å². The lowest BCUT2D eigenvalue weighted by Gasteiger charge is -2.26. The molecule has 3 heteroatoms. The molecule has 0 N–H and O–H groups in total. The molecule has 2 aromatic rings. The number of hydrogen-bond donors (Lipinski definition) is 0. The van der Waals surface area contributed by atoms with Gasteiger partial charge in [-0.2, -0.15) is 0 Å². The molecule has 128 valence electrons. The average molecular weight is 344 g/mol. The van der Waals surface area contributed by atoms with Gasteiger partial charge in [0.25, 0.3) is 0 Å². The van der Waals surface area contributed by atoms with Crippen molar-refractivity contribution in [2.24, 2.45) is 0 Å². The topological polar surface area (TPSA) is 12.5 Å². The summed E-state index contributed by atoms with van der Waals surface area (Å²) in [4.78, 5) is 2.61. The van der Waals surface area contributed by atoms with E-state index in [9.17, 15) is 0 Å². The largest absolute Gasteiger partial charge is 0.489 e. The van der Waals surface area contributed by atoms with Gasteiger partial charge in [0.1, 0.15) is 12.4 Å². The smallest absolute Gasteiger partial charge is 0.119 e. The molecule has 1 aliphatic heterocycles. The molecule has 1 aliphatic rings. The van der Waals surface area contributed by atoms with E-state index in [2.05, 4.69) is 29.2 Å². The van der Waals surface area contributed by atoms with Crippen LogP contribution in [0.4, 0.5) is 0 Å². The van der Waals surface area contributed by atoms with Gasteiger partial charge in [0, 0.05) is 5.02 Å². The van der Waals surface area contributed by atoms with Gasteiger partial charge in [0.2, 0.25) is 0 Å². The van der Waals surface area contributed by atoms with E-state index in [0.29, 0.717) is 6.61 Å². The monoisotopic (exact) mass is 343 g/mol. The first-order valence-corrected chi connectivity index (χ1v) is 9.36. The molecule has 2 nitrogen and oxygen atoms in total. The lowest BCUT2D eigenvalue weighted by atomic mass is 10.0. The Morgan fingerprint density at radius 2 is 1.58 bits per heavy atom. The molecule has 1 saturated heterocycles.